The number of rotatable bonds is 2. The molecule has 1 heterocycles. The van der Waals surface area contributed by atoms with Crippen LogP contribution in [-0.2, 0) is 15.0 Å². The van der Waals surface area contributed by atoms with Gasteiger partial charge in [-0.3, -0.25) is 4.79 Å². The van der Waals surface area contributed by atoms with Crippen LogP contribution in [0.3, 0.4) is 0 Å². The van der Waals surface area contributed by atoms with E-state index in [-0.39, 0.29) is 5.91 Å². The zero-order valence-electron chi connectivity index (χ0n) is 9.65. The third-order valence-corrected chi connectivity index (χ3v) is 2.95. The highest BCUT2D eigenvalue weighted by Gasteiger charge is 2.38. The number of hydrogen-bond acceptors (Lipinski definition) is 2. The molecule has 1 aliphatic heterocycles. The van der Waals surface area contributed by atoms with Crippen molar-refractivity contribution < 1.29 is 14.7 Å². The van der Waals surface area contributed by atoms with E-state index in [4.69, 9.17) is 5.11 Å². The van der Waals surface area contributed by atoms with E-state index >= 15 is 0 Å². The lowest BCUT2D eigenvalue weighted by Gasteiger charge is -2.15. The van der Waals surface area contributed by atoms with Gasteiger partial charge in [0.25, 0.3) is 0 Å². The van der Waals surface area contributed by atoms with E-state index in [1.807, 2.05) is 19.9 Å². The summed E-state index contributed by atoms with van der Waals surface area (Å²) in [5.41, 5.74) is 1.90. The number of carboxylic acid groups (broad SMARTS) is 1. The van der Waals surface area contributed by atoms with Gasteiger partial charge < -0.3 is 10.4 Å². The minimum absolute atomic E-state index is 0.0353. The van der Waals surface area contributed by atoms with E-state index in [2.05, 4.69) is 5.32 Å². The first kappa shape index (κ1) is 11.4. The number of benzene rings is 1. The van der Waals surface area contributed by atoms with E-state index in [0.29, 0.717) is 0 Å². The van der Waals surface area contributed by atoms with Crippen LogP contribution in [0.4, 0.5) is 5.69 Å². The molecule has 88 valence electrons. The summed E-state index contributed by atoms with van der Waals surface area (Å²) in [5.74, 6) is -1.02. The second kappa shape index (κ2) is 3.73. The van der Waals surface area contributed by atoms with Crippen LogP contribution < -0.4 is 5.32 Å². The predicted octanol–water partition coefficient (Wildman–Crippen LogP) is 2.01. The molecular formula is C13H13NO3. The zero-order chi connectivity index (χ0) is 12.6. The van der Waals surface area contributed by atoms with E-state index in [1.54, 1.807) is 12.1 Å². The molecule has 0 saturated carbocycles. The molecule has 0 spiro atoms. The highest BCUT2D eigenvalue weighted by molar-refractivity contribution is 6.05. The fraction of sp³-hybridized carbons (Fsp3) is 0.231. The molecule has 1 aromatic carbocycles. The summed E-state index contributed by atoms with van der Waals surface area (Å²) in [6.45, 7) is 3.69. The van der Waals surface area contributed by atoms with Gasteiger partial charge in [-0.2, -0.15) is 0 Å². The molecule has 1 aliphatic rings. The van der Waals surface area contributed by atoms with Gasteiger partial charge in [0.1, 0.15) is 0 Å². The Labute approximate surface area is 99.0 Å². The highest BCUT2D eigenvalue weighted by atomic mass is 16.4. The predicted molar refractivity (Wildman–Crippen MR) is 64.8 cm³/mol. The van der Waals surface area contributed by atoms with E-state index in [0.717, 1.165) is 22.9 Å². The van der Waals surface area contributed by atoms with Crippen molar-refractivity contribution in [1.29, 1.82) is 0 Å². The van der Waals surface area contributed by atoms with Crippen LogP contribution in [0.2, 0.25) is 0 Å². The highest BCUT2D eigenvalue weighted by Crippen LogP contribution is 2.37. The van der Waals surface area contributed by atoms with Crippen molar-refractivity contribution >= 4 is 23.6 Å². The molecule has 0 saturated heterocycles. The number of fused-ring (bicyclic) bond motifs is 1. The molecule has 1 amide bonds. The summed E-state index contributed by atoms with van der Waals surface area (Å²) in [6, 6.07) is 5.41. The first-order chi connectivity index (χ1) is 7.91. The first-order valence-corrected chi connectivity index (χ1v) is 5.28. The summed E-state index contributed by atoms with van der Waals surface area (Å²) < 4.78 is 0. The number of carbonyl (C=O) groups excluding carboxylic acids is 1. The van der Waals surface area contributed by atoms with Crippen molar-refractivity contribution in [3.63, 3.8) is 0 Å². The molecule has 4 nitrogen and oxygen atoms in total. The Bertz CT molecular complexity index is 529. The van der Waals surface area contributed by atoms with Gasteiger partial charge >= 0.3 is 5.97 Å². The Balaban J connectivity index is 2.42. The minimum atomic E-state index is -0.987. The number of carbonyl (C=O) groups is 2. The average molecular weight is 231 g/mol. The molecule has 0 unspecified atom stereocenters. The smallest absolute Gasteiger partial charge is 0.328 e. The Morgan fingerprint density at radius 2 is 2.12 bits per heavy atom. The molecule has 0 radical (unpaired) electrons. The van der Waals surface area contributed by atoms with Crippen LogP contribution in [-0.4, -0.2) is 17.0 Å². The summed E-state index contributed by atoms with van der Waals surface area (Å²) in [4.78, 5) is 22.1. The molecule has 0 bridgehead atoms. The third kappa shape index (κ3) is 1.93. The fourth-order valence-electron chi connectivity index (χ4n) is 1.86. The normalized spacial score (nSPS) is 16.9. The van der Waals surface area contributed by atoms with Crippen molar-refractivity contribution in [3.05, 3.63) is 35.4 Å². The van der Waals surface area contributed by atoms with Gasteiger partial charge in [-0.05, 0) is 43.2 Å². The number of anilines is 1. The zero-order valence-corrected chi connectivity index (χ0v) is 9.65. The lowest BCUT2D eigenvalue weighted by atomic mass is 9.85. The van der Waals surface area contributed by atoms with Crippen molar-refractivity contribution in [2.75, 3.05) is 5.32 Å². The second-order valence-electron chi connectivity index (χ2n) is 4.56. The monoisotopic (exact) mass is 231 g/mol. The van der Waals surface area contributed by atoms with Gasteiger partial charge in [-0.1, -0.05) is 6.07 Å². The van der Waals surface area contributed by atoms with Crippen molar-refractivity contribution in [3.8, 4) is 0 Å². The van der Waals surface area contributed by atoms with Gasteiger partial charge in [0, 0.05) is 11.8 Å². The largest absolute Gasteiger partial charge is 0.478 e. The van der Waals surface area contributed by atoms with Gasteiger partial charge in [0.2, 0.25) is 5.91 Å². The lowest BCUT2D eigenvalue weighted by molar-refractivity contribution is -0.131. The van der Waals surface area contributed by atoms with Crippen molar-refractivity contribution in [2.24, 2.45) is 0 Å². The number of aliphatic carboxylic acids is 1. The van der Waals surface area contributed by atoms with Crippen LogP contribution in [0.25, 0.3) is 6.08 Å². The molecule has 2 N–H and O–H groups in total. The Kier molecular flexibility index (Phi) is 2.50. The minimum Gasteiger partial charge on any atom is -0.478 e. The SMILES string of the molecule is CC1(C)C(=O)Nc2ccc(/C=C/C(=O)O)cc21. The Morgan fingerprint density at radius 1 is 1.41 bits per heavy atom. The third-order valence-electron chi connectivity index (χ3n) is 2.95. The van der Waals surface area contributed by atoms with Crippen molar-refractivity contribution in [1.82, 2.24) is 0 Å². The summed E-state index contributed by atoms with van der Waals surface area (Å²) in [7, 11) is 0. The van der Waals surface area contributed by atoms with E-state index < -0.39 is 11.4 Å². The molecule has 4 heteroatoms. The lowest BCUT2D eigenvalue weighted by Crippen LogP contribution is -2.26. The maximum Gasteiger partial charge on any atom is 0.328 e. The fourth-order valence-corrected chi connectivity index (χ4v) is 1.86. The molecule has 17 heavy (non-hydrogen) atoms. The molecule has 1 aromatic rings. The van der Waals surface area contributed by atoms with Gasteiger partial charge in [-0.15, -0.1) is 0 Å². The molecule has 0 aliphatic carbocycles. The summed E-state index contributed by atoms with van der Waals surface area (Å²) >= 11 is 0. The van der Waals surface area contributed by atoms with Gasteiger partial charge in [0.15, 0.2) is 0 Å². The van der Waals surface area contributed by atoms with Crippen LogP contribution in [0.1, 0.15) is 25.0 Å². The standard InChI is InChI=1S/C13H13NO3/c1-13(2)9-7-8(4-6-11(15)16)3-5-10(9)14-12(13)17/h3-7H,1-2H3,(H,14,17)(H,15,16)/b6-4+. The number of carboxylic acids is 1. The molecule has 2 rings (SSSR count). The molecule has 0 aromatic heterocycles. The Morgan fingerprint density at radius 3 is 2.76 bits per heavy atom. The number of hydrogen-bond donors (Lipinski definition) is 2. The summed E-state index contributed by atoms with van der Waals surface area (Å²) in [6.07, 6.45) is 2.60. The Hall–Kier alpha value is -2.10. The van der Waals surface area contributed by atoms with Crippen molar-refractivity contribution in [2.45, 2.75) is 19.3 Å². The number of amides is 1. The summed E-state index contributed by atoms with van der Waals surface area (Å²) in [5, 5.41) is 11.4. The van der Waals surface area contributed by atoms with E-state index in [9.17, 15) is 9.59 Å². The van der Waals surface area contributed by atoms with Crippen LogP contribution in [0.15, 0.2) is 24.3 Å². The maximum atomic E-state index is 11.7. The molecule has 0 atom stereocenters. The maximum absolute atomic E-state index is 11.7. The van der Waals surface area contributed by atoms with Gasteiger partial charge in [0.05, 0.1) is 5.41 Å². The first-order valence-electron chi connectivity index (χ1n) is 5.28. The number of nitrogens with one attached hydrogen (secondary N) is 1. The van der Waals surface area contributed by atoms with Crippen LogP contribution >= 0.6 is 0 Å². The van der Waals surface area contributed by atoms with Crippen LogP contribution in [0, 0.1) is 0 Å². The van der Waals surface area contributed by atoms with Crippen LogP contribution in [0.5, 0.6) is 0 Å². The molecule has 0 fully saturated rings. The van der Waals surface area contributed by atoms with E-state index in [1.165, 1.54) is 6.08 Å². The topological polar surface area (TPSA) is 66.4 Å². The van der Waals surface area contributed by atoms with Gasteiger partial charge in [-0.25, -0.2) is 4.79 Å². The molecular weight excluding hydrogens is 218 g/mol. The second-order valence-corrected chi connectivity index (χ2v) is 4.56. The quantitative estimate of drug-likeness (QED) is 0.765. The average Bonchev–Trinajstić information content (AvgIpc) is 2.48.